The van der Waals surface area contributed by atoms with Crippen LogP contribution in [0.15, 0.2) is 48.7 Å². The lowest BCUT2D eigenvalue weighted by Gasteiger charge is -2.17. The Balaban J connectivity index is 1.72. The molecule has 0 radical (unpaired) electrons. The third-order valence-electron chi connectivity index (χ3n) is 4.93. The number of fused-ring (bicyclic) bond motifs is 1. The van der Waals surface area contributed by atoms with Gasteiger partial charge in [-0.3, -0.25) is 9.59 Å². The third kappa shape index (κ3) is 3.24. The van der Waals surface area contributed by atoms with Gasteiger partial charge in [-0.05, 0) is 24.1 Å². The van der Waals surface area contributed by atoms with E-state index < -0.39 is 0 Å². The molecule has 1 aliphatic heterocycles. The molecule has 6 heteroatoms. The molecule has 6 nitrogen and oxygen atoms in total. The number of nitrogen functional groups attached to an aromatic ring is 1. The lowest BCUT2D eigenvalue weighted by molar-refractivity contribution is 0.0944. The van der Waals surface area contributed by atoms with Crippen molar-refractivity contribution in [3.8, 4) is 22.5 Å². The van der Waals surface area contributed by atoms with Gasteiger partial charge in [0.25, 0.3) is 5.91 Å². The third-order valence-corrected chi connectivity index (χ3v) is 4.93. The summed E-state index contributed by atoms with van der Waals surface area (Å²) in [4.78, 5) is 32.8. The van der Waals surface area contributed by atoms with E-state index >= 15 is 0 Å². The summed E-state index contributed by atoms with van der Waals surface area (Å²) in [6.07, 6.45) is 2.87. The summed E-state index contributed by atoms with van der Waals surface area (Å²) in [5.41, 5.74) is 11.4. The van der Waals surface area contributed by atoms with E-state index in [-0.39, 0.29) is 11.7 Å². The number of rotatable bonds is 4. The Labute approximate surface area is 162 Å². The molecule has 0 aliphatic carbocycles. The summed E-state index contributed by atoms with van der Waals surface area (Å²) in [5.74, 6) is 0.387. The highest BCUT2D eigenvalue weighted by Crippen LogP contribution is 2.28. The molecule has 28 heavy (non-hydrogen) atoms. The fraction of sp³-hybridized carbons (Fsp3) is 0.182. The molecule has 1 amide bonds. The van der Waals surface area contributed by atoms with E-state index in [0.717, 1.165) is 23.1 Å². The summed E-state index contributed by atoms with van der Waals surface area (Å²) in [6.45, 7) is 2.47. The van der Waals surface area contributed by atoms with Crippen LogP contribution in [-0.4, -0.2) is 28.2 Å². The molecule has 4 rings (SSSR count). The van der Waals surface area contributed by atoms with E-state index in [9.17, 15) is 9.59 Å². The summed E-state index contributed by atoms with van der Waals surface area (Å²) in [5, 5.41) is 2.84. The predicted octanol–water partition coefficient (Wildman–Crippen LogP) is 3.27. The Bertz CT molecular complexity index is 1070. The Kier molecular flexibility index (Phi) is 4.61. The average molecular weight is 372 g/mol. The van der Waals surface area contributed by atoms with Crippen LogP contribution >= 0.6 is 0 Å². The Morgan fingerprint density at radius 3 is 2.64 bits per heavy atom. The van der Waals surface area contributed by atoms with Gasteiger partial charge < -0.3 is 11.1 Å². The minimum Gasteiger partial charge on any atom is -0.382 e. The molecule has 0 fully saturated rings. The molecule has 0 spiro atoms. The van der Waals surface area contributed by atoms with Gasteiger partial charge in [-0.1, -0.05) is 37.3 Å². The number of Topliss-reactive ketones (excluding diaryl/α,β-unsaturated/α-hetero) is 1. The van der Waals surface area contributed by atoms with Crippen molar-refractivity contribution in [2.45, 2.75) is 19.8 Å². The Morgan fingerprint density at radius 1 is 1.14 bits per heavy atom. The summed E-state index contributed by atoms with van der Waals surface area (Å²) in [6, 6.07) is 12.9. The lowest BCUT2D eigenvalue weighted by Crippen LogP contribution is -2.31. The van der Waals surface area contributed by atoms with Crippen LogP contribution in [0.3, 0.4) is 0 Å². The number of hydrogen-bond acceptors (Lipinski definition) is 5. The second kappa shape index (κ2) is 7.23. The van der Waals surface area contributed by atoms with Gasteiger partial charge >= 0.3 is 0 Å². The monoisotopic (exact) mass is 372 g/mol. The van der Waals surface area contributed by atoms with Crippen molar-refractivity contribution in [1.29, 1.82) is 0 Å². The largest absolute Gasteiger partial charge is 0.382 e. The van der Waals surface area contributed by atoms with Gasteiger partial charge in [-0.2, -0.15) is 0 Å². The molecule has 0 bridgehead atoms. The molecule has 3 N–H and O–H groups in total. The van der Waals surface area contributed by atoms with Crippen LogP contribution in [0.4, 0.5) is 5.82 Å². The van der Waals surface area contributed by atoms with Crippen molar-refractivity contribution in [3.63, 3.8) is 0 Å². The zero-order valence-corrected chi connectivity index (χ0v) is 15.5. The van der Waals surface area contributed by atoms with Crippen molar-refractivity contribution in [3.05, 3.63) is 65.4 Å². The zero-order chi connectivity index (χ0) is 19.7. The maximum absolute atomic E-state index is 11.9. The highest BCUT2D eigenvalue weighted by molar-refractivity contribution is 5.97. The van der Waals surface area contributed by atoms with Crippen LogP contribution in [-0.2, 0) is 6.42 Å². The van der Waals surface area contributed by atoms with Gasteiger partial charge in [0.05, 0.1) is 11.9 Å². The van der Waals surface area contributed by atoms with E-state index in [1.54, 1.807) is 24.4 Å². The zero-order valence-electron chi connectivity index (χ0n) is 15.5. The van der Waals surface area contributed by atoms with Gasteiger partial charge in [0.1, 0.15) is 11.5 Å². The van der Waals surface area contributed by atoms with Crippen molar-refractivity contribution >= 4 is 17.5 Å². The molecule has 140 valence electrons. The molecule has 1 aromatic heterocycles. The van der Waals surface area contributed by atoms with E-state index in [0.29, 0.717) is 41.3 Å². The highest BCUT2D eigenvalue weighted by Gasteiger charge is 2.18. The number of nitrogens with two attached hydrogens (primary N) is 1. The van der Waals surface area contributed by atoms with Crippen molar-refractivity contribution in [1.82, 2.24) is 15.3 Å². The van der Waals surface area contributed by atoms with Crippen molar-refractivity contribution in [2.24, 2.45) is 0 Å². The molecule has 3 aromatic rings. The van der Waals surface area contributed by atoms with Crippen LogP contribution in [0.1, 0.15) is 39.6 Å². The van der Waals surface area contributed by atoms with Gasteiger partial charge in [0, 0.05) is 35.2 Å². The number of aromatic nitrogens is 2. The predicted molar refractivity (Wildman–Crippen MR) is 108 cm³/mol. The minimum absolute atomic E-state index is 0.0534. The number of nitrogens with zero attached hydrogens (tertiary/aromatic N) is 2. The van der Waals surface area contributed by atoms with Crippen LogP contribution in [0.2, 0.25) is 0 Å². The van der Waals surface area contributed by atoms with E-state index in [1.165, 1.54) is 0 Å². The molecule has 2 aromatic carbocycles. The summed E-state index contributed by atoms with van der Waals surface area (Å²) >= 11 is 0. The SMILES string of the molecule is CCC(=O)c1ccc(-c2cnc(N)c(-c3ccc4c(c3)CCNC4=O)n2)cc1. The summed E-state index contributed by atoms with van der Waals surface area (Å²) < 4.78 is 0. The number of ketones is 1. The number of benzene rings is 2. The van der Waals surface area contributed by atoms with Crippen LogP contribution < -0.4 is 11.1 Å². The first kappa shape index (κ1) is 17.9. The summed E-state index contributed by atoms with van der Waals surface area (Å²) in [7, 11) is 0. The highest BCUT2D eigenvalue weighted by atomic mass is 16.1. The van der Waals surface area contributed by atoms with Gasteiger partial charge in [-0.25, -0.2) is 9.97 Å². The average Bonchev–Trinajstić information content (AvgIpc) is 2.73. The molecular formula is C22H20N4O2. The van der Waals surface area contributed by atoms with E-state index in [4.69, 9.17) is 10.7 Å². The molecule has 0 unspecified atom stereocenters. The van der Waals surface area contributed by atoms with Crippen molar-refractivity contribution in [2.75, 3.05) is 12.3 Å². The first-order chi connectivity index (χ1) is 13.6. The van der Waals surface area contributed by atoms with Gasteiger partial charge in [0.2, 0.25) is 0 Å². The number of carbonyl (C=O) groups excluding carboxylic acids is 2. The first-order valence-corrected chi connectivity index (χ1v) is 9.24. The fourth-order valence-corrected chi connectivity index (χ4v) is 3.36. The molecule has 0 saturated carbocycles. The van der Waals surface area contributed by atoms with Crippen LogP contribution in [0, 0.1) is 0 Å². The Morgan fingerprint density at radius 2 is 1.89 bits per heavy atom. The van der Waals surface area contributed by atoms with Crippen LogP contribution in [0.5, 0.6) is 0 Å². The fourth-order valence-electron chi connectivity index (χ4n) is 3.36. The van der Waals surface area contributed by atoms with Gasteiger partial charge in [-0.15, -0.1) is 0 Å². The normalized spacial score (nSPS) is 13.0. The number of amides is 1. The molecule has 2 heterocycles. The van der Waals surface area contributed by atoms with E-state index in [1.807, 2.05) is 31.2 Å². The number of carbonyl (C=O) groups is 2. The van der Waals surface area contributed by atoms with Gasteiger partial charge in [0.15, 0.2) is 5.78 Å². The topological polar surface area (TPSA) is 98.0 Å². The van der Waals surface area contributed by atoms with E-state index in [2.05, 4.69) is 10.3 Å². The second-order valence-electron chi connectivity index (χ2n) is 6.72. The quantitative estimate of drug-likeness (QED) is 0.685. The maximum Gasteiger partial charge on any atom is 0.251 e. The number of nitrogens with one attached hydrogen (secondary N) is 1. The standard InChI is InChI=1S/C22H20N4O2/c1-2-19(27)14-5-3-13(4-6-14)18-12-25-21(23)20(26-18)16-7-8-17-15(11-16)9-10-24-22(17)28/h3-8,11-12H,2,9-10H2,1H3,(H2,23,25)(H,24,28). The molecule has 0 atom stereocenters. The lowest BCUT2D eigenvalue weighted by atomic mass is 9.96. The smallest absolute Gasteiger partial charge is 0.251 e. The van der Waals surface area contributed by atoms with Crippen LogP contribution in [0.25, 0.3) is 22.5 Å². The minimum atomic E-state index is -0.0534. The molecule has 0 saturated heterocycles. The van der Waals surface area contributed by atoms with Crippen molar-refractivity contribution < 1.29 is 9.59 Å². The molecular weight excluding hydrogens is 352 g/mol. The number of hydrogen-bond donors (Lipinski definition) is 2. The second-order valence-corrected chi connectivity index (χ2v) is 6.72. The Hall–Kier alpha value is -3.54. The maximum atomic E-state index is 11.9. The number of anilines is 1. The molecule has 1 aliphatic rings. The first-order valence-electron chi connectivity index (χ1n) is 9.24.